The summed E-state index contributed by atoms with van der Waals surface area (Å²) in [6.07, 6.45) is 6.50. The Bertz CT molecular complexity index is 564. The van der Waals surface area contributed by atoms with Crippen LogP contribution in [0.5, 0.6) is 0 Å². The molecule has 0 radical (unpaired) electrons. The van der Waals surface area contributed by atoms with Gasteiger partial charge in [-0.05, 0) is 51.2 Å². The van der Waals surface area contributed by atoms with Crippen molar-refractivity contribution in [2.45, 2.75) is 45.1 Å². The topological polar surface area (TPSA) is 43.3 Å². The van der Waals surface area contributed by atoms with E-state index in [-0.39, 0.29) is 5.54 Å². The second-order valence-corrected chi connectivity index (χ2v) is 5.38. The summed E-state index contributed by atoms with van der Waals surface area (Å²) in [6.45, 7) is 4.21. The van der Waals surface area contributed by atoms with E-state index in [1.54, 1.807) is 0 Å². The quantitative estimate of drug-likeness (QED) is 0.878. The zero-order valence-electron chi connectivity index (χ0n) is 10.5. The monoisotopic (exact) mass is 229 g/mol. The van der Waals surface area contributed by atoms with Crippen LogP contribution in [0.4, 0.5) is 0 Å². The van der Waals surface area contributed by atoms with Crippen LogP contribution in [0, 0.1) is 13.8 Å². The average Bonchev–Trinajstić information content (AvgIpc) is 2.94. The minimum atomic E-state index is 0.118. The Hall–Kier alpha value is -1.35. The van der Waals surface area contributed by atoms with Crippen molar-refractivity contribution < 1.29 is 0 Å². The van der Waals surface area contributed by atoms with Crippen molar-refractivity contribution in [3.63, 3.8) is 0 Å². The van der Waals surface area contributed by atoms with E-state index in [4.69, 9.17) is 5.73 Å². The second-order valence-electron chi connectivity index (χ2n) is 5.38. The highest BCUT2D eigenvalue weighted by molar-refractivity contribution is 5.59. The number of aromatic nitrogens is 2. The molecule has 0 unspecified atom stereocenters. The molecule has 1 aliphatic rings. The van der Waals surface area contributed by atoms with Crippen LogP contribution >= 0.6 is 0 Å². The van der Waals surface area contributed by atoms with Gasteiger partial charge in [0.05, 0.1) is 11.2 Å². The van der Waals surface area contributed by atoms with Crippen molar-refractivity contribution in [1.82, 2.24) is 9.38 Å². The van der Waals surface area contributed by atoms with Gasteiger partial charge in [-0.1, -0.05) is 6.07 Å². The van der Waals surface area contributed by atoms with Gasteiger partial charge in [-0.25, -0.2) is 4.98 Å². The van der Waals surface area contributed by atoms with Gasteiger partial charge in [0.25, 0.3) is 0 Å². The van der Waals surface area contributed by atoms with Crippen molar-refractivity contribution in [2.75, 3.05) is 0 Å². The van der Waals surface area contributed by atoms with Crippen LogP contribution in [0.2, 0.25) is 0 Å². The fourth-order valence-corrected chi connectivity index (χ4v) is 2.51. The van der Waals surface area contributed by atoms with Crippen molar-refractivity contribution >= 4 is 5.52 Å². The van der Waals surface area contributed by atoms with Gasteiger partial charge < -0.3 is 10.1 Å². The predicted octanol–water partition coefficient (Wildman–Crippen LogP) is 2.38. The highest BCUT2D eigenvalue weighted by Crippen LogP contribution is 2.36. The standard InChI is InChI=1S/C14H19N3/c1-10-4-3-9-17-11(2)16-12(13(10)17)5-6-14(15)7-8-14/h3-4,9H,5-8,15H2,1-2H3. The normalized spacial score (nSPS) is 17.6. The first kappa shape index (κ1) is 10.8. The third-order valence-electron chi connectivity index (χ3n) is 3.87. The number of pyridine rings is 1. The van der Waals surface area contributed by atoms with Crippen LogP contribution in [0.15, 0.2) is 18.3 Å². The largest absolute Gasteiger partial charge is 0.325 e. The van der Waals surface area contributed by atoms with E-state index >= 15 is 0 Å². The molecular formula is C14H19N3. The summed E-state index contributed by atoms with van der Waals surface area (Å²) in [6, 6.07) is 4.22. The molecule has 0 bridgehead atoms. The fraction of sp³-hybridized carbons (Fsp3) is 0.500. The Kier molecular flexibility index (Phi) is 2.26. The Morgan fingerprint density at radius 2 is 2.18 bits per heavy atom. The number of nitrogens with two attached hydrogens (primary N) is 1. The molecule has 0 spiro atoms. The summed E-state index contributed by atoms with van der Waals surface area (Å²) in [7, 11) is 0. The molecule has 3 nitrogen and oxygen atoms in total. The Balaban J connectivity index is 1.98. The molecule has 1 fully saturated rings. The lowest BCUT2D eigenvalue weighted by Crippen LogP contribution is -2.22. The van der Waals surface area contributed by atoms with Gasteiger partial charge in [-0.3, -0.25) is 0 Å². The van der Waals surface area contributed by atoms with Crippen molar-refractivity contribution in [1.29, 1.82) is 0 Å². The summed E-state index contributed by atoms with van der Waals surface area (Å²) in [5.74, 6) is 1.07. The lowest BCUT2D eigenvalue weighted by Gasteiger charge is -2.07. The Morgan fingerprint density at radius 3 is 2.88 bits per heavy atom. The number of nitrogens with zero attached hydrogens (tertiary/aromatic N) is 2. The molecule has 2 heterocycles. The number of rotatable bonds is 3. The first-order valence-electron chi connectivity index (χ1n) is 6.31. The van der Waals surface area contributed by atoms with Crippen molar-refractivity contribution in [2.24, 2.45) is 5.73 Å². The summed E-state index contributed by atoms with van der Waals surface area (Å²) >= 11 is 0. The van der Waals surface area contributed by atoms with E-state index in [2.05, 4.69) is 41.6 Å². The molecule has 0 aromatic carbocycles. The molecule has 90 valence electrons. The second kappa shape index (κ2) is 3.57. The minimum absolute atomic E-state index is 0.118. The highest BCUT2D eigenvalue weighted by Gasteiger charge is 2.37. The van der Waals surface area contributed by atoms with E-state index in [1.165, 1.54) is 29.6 Å². The Morgan fingerprint density at radius 1 is 1.41 bits per heavy atom. The maximum Gasteiger partial charge on any atom is 0.110 e. The van der Waals surface area contributed by atoms with Crippen molar-refractivity contribution in [3.05, 3.63) is 35.4 Å². The molecule has 2 aromatic heterocycles. The number of hydrogen-bond acceptors (Lipinski definition) is 2. The maximum absolute atomic E-state index is 6.15. The van der Waals surface area contributed by atoms with Gasteiger partial charge >= 0.3 is 0 Å². The van der Waals surface area contributed by atoms with Crippen LogP contribution < -0.4 is 5.73 Å². The molecule has 3 heteroatoms. The van der Waals surface area contributed by atoms with E-state index in [0.29, 0.717) is 0 Å². The molecule has 0 aliphatic heterocycles. The molecule has 1 saturated carbocycles. The van der Waals surface area contributed by atoms with Gasteiger partial charge in [-0.15, -0.1) is 0 Å². The first-order chi connectivity index (χ1) is 8.09. The molecule has 2 aromatic rings. The van der Waals surface area contributed by atoms with Crippen molar-refractivity contribution in [3.8, 4) is 0 Å². The molecular weight excluding hydrogens is 210 g/mol. The van der Waals surface area contributed by atoms with E-state index in [9.17, 15) is 0 Å². The smallest absolute Gasteiger partial charge is 0.110 e. The third kappa shape index (κ3) is 1.84. The number of fused-ring (bicyclic) bond motifs is 1. The number of hydrogen-bond donors (Lipinski definition) is 1. The number of imidazole rings is 1. The SMILES string of the molecule is Cc1cccn2c(C)nc(CCC3(N)CC3)c12. The zero-order valence-corrected chi connectivity index (χ0v) is 10.5. The molecule has 2 N–H and O–H groups in total. The highest BCUT2D eigenvalue weighted by atomic mass is 15.0. The minimum Gasteiger partial charge on any atom is -0.325 e. The van der Waals surface area contributed by atoms with Crippen LogP contribution in [0.1, 0.15) is 36.3 Å². The molecule has 0 amide bonds. The van der Waals surface area contributed by atoms with Crippen LogP contribution in [-0.4, -0.2) is 14.9 Å². The van der Waals surface area contributed by atoms with Gasteiger partial charge in [0.1, 0.15) is 5.82 Å². The maximum atomic E-state index is 6.15. The zero-order chi connectivity index (χ0) is 12.0. The third-order valence-corrected chi connectivity index (χ3v) is 3.87. The van der Waals surface area contributed by atoms with Crippen LogP contribution in [-0.2, 0) is 6.42 Å². The molecule has 1 aliphatic carbocycles. The fourth-order valence-electron chi connectivity index (χ4n) is 2.51. The van der Waals surface area contributed by atoms with E-state index < -0.39 is 0 Å². The van der Waals surface area contributed by atoms with E-state index in [0.717, 1.165) is 18.7 Å². The molecule has 3 rings (SSSR count). The van der Waals surface area contributed by atoms with Crippen LogP contribution in [0.3, 0.4) is 0 Å². The lowest BCUT2D eigenvalue weighted by molar-refractivity contribution is 0.605. The van der Waals surface area contributed by atoms with Gasteiger partial charge in [0, 0.05) is 11.7 Å². The van der Waals surface area contributed by atoms with Gasteiger partial charge in [-0.2, -0.15) is 0 Å². The lowest BCUT2D eigenvalue weighted by atomic mass is 10.1. The molecule has 0 saturated heterocycles. The van der Waals surface area contributed by atoms with Gasteiger partial charge in [0.15, 0.2) is 0 Å². The summed E-state index contributed by atoms with van der Waals surface area (Å²) in [4.78, 5) is 4.69. The average molecular weight is 229 g/mol. The van der Waals surface area contributed by atoms with Crippen LogP contribution in [0.25, 0.3) is 5.52 Å². The summed E-state index contributed by atoms with van der Waals surface area (Å²) < 4.78 is 2.18. The number of aryl methyl sites for hydroxylation is 3. The predicted molar refractivity (Wildman–Crippen MR) is 69.1 cm³/mol. The molecule has 17 heavy (non-hydrogen) atoms. The Labute approximate surface area is 102 Å². The summed E-state index contributed by atoms with van der Waals surface area (Å²) in [5, 5.41) is 0. The first-order valence-corrected chi connectivity index (χ1v) is 6.31. The van der Waals surface area contributed by atoms with Gasteiger partial charge in [0.2, 0.25) is 0 Å². The van der Waals surface area contributed by atoms with E-state index in [1.807, 2.05) is 0 Å². The molecule has 0 atom stereocenters. The summed E-state index contributed by atoms with van der Waals surface area (Å²) in [5.41, 5.74) is 10.0.